The maximum absolute atomic E-state index is 12.0. The Kier molecular flexibility index (Phi) is 3.05. The summed E-state index contributed by atoms with van der Waals surface area (Å²) in [6.07, 6.45) is 0. The molecular weight excluding hydrogens is 290 g/mol. The zero-order valence-electron chi connectivity index (χ0n) is 11.6. The van der Waals surface area contributed by atoms with E-state index in [9.17, 15) is 4.79 Å². The number of halogens is 1. The number of hydrogen-bond acceptors (Lipinski definition) is 3. The number of nitrogens with one attached hydrogen (secondary N) is 1. The van der Waals surface area contributed by atoms with Gasteiger partial charge in [-0.3, -0.25) is 4.79 Å². The molecular formula is C15H16ClN3O2. The summed E-state index contributed by atoms with van der Waals surface area (Å²) >= 11 is 6.28. The van der Waals surface area contributed by atoms with Crippen LogP contribution in [-0.4, -0.2) is 43.3 Å². The molecule has 1 aromatic carbocycles. The molecule has 1 amide bonds. The third-order valence-corrected chi connectivity index (χ3v) is 4.36. The molecule has 0 atom stereocenters. The molecule has 1 N–H and O–H groups in total. The van der Waals surface area contributed by atoms with Crippen molar-refractivity contribution in [1.82, 2.24) is 9.88 Å². The molecule has 0 bridgehead atoms. The number of nitrogens with zero attached hydrogens (tertiary/aromatic N) is 2. The molecule has 1 saturated heterocycles. The normalized spacial score (nSPS) is 18.7. The summed E-state index contributed by atoms with van der Waals surface area (Å²) in [6, 6.07) is 5.86. The van der Waals surface area contributed by atoms with Crippen LogP contribution in [-0.2, 0) is 11.3 Å². The van der Waals surface area contributed by atoms with Gasteiger partial charge in [0.05, 0.1) is 24.4 Å². The number of anilines is 1. The summed E-state index contributed by atoms with van der Waals surface area (Å²) in [5.41, 5.74) is 2.92. The molecule has 1 fully saturated rings. The average Bonchev–Trinajstić information content (AvgIpc) is 2.87. The van der Waals surface area contributed by atoms with Gasteiger partial charge >= 0.3 is 0 Å². The van der Waals surface area contributed by atoms with Gasteiger partial charge in [0.2, 0.25) is 0 Å². The van der Waals surface area contributed by atoms with Gasteiger partial charge in [0.1, 0.15) is 5.69 Å². The lowest BCUT2D eigenvalue weighted by molar-refractivity contribution is 0.0929. The van der Waals surface area contributed by atoms with Gasteiger partial charge in [0.15, 0.2) is 0 Å². The average molecular weight is 306 g/mol. The largest absolute Gasteiger partial charge is 0.378 e. The van der Waals surface area contributed by atoms with Crippen molar-refractivity contribution in [2.24, 2.45) is 0 Å². The second kappa shape index (κ2) is 4.93. The number of fused-ring (bicyclic) bond motifs is 3. The molecule has 0 radical (unpaired) electrons. The summed E-state index contributed by atoms with van der Waals surface area (Å²) < 4.78 is 7.54. The summed E-state index contributed by atoms with van der Waals surface area (Å²) in [5, 5.41) is 4.61. The minimum absolute atomic E-state index is 0.0125. The molecule has 0 aliphatic carbocycles. The highest BCUT2D eigenvalue weighted by Crippen LogP contribution is 2.34. The fraction of sp³-hybridized carbons (Fsp3) is 0.400. The van der Waals surface area contributed by atoms with E-state index in [0.29, 0.717) is 17.3 Å². The van der Waals surface area contributed by atoms with E-state index in [2.05, 4.69) is 14.8 Å². The fourth-order valence-corrected chi connectivity index (χ4v) is 3.41. The summed E-state index contributed by atoms with van der Waals surface area (Å²) in [6.45, 7) is 4.61. The number of aromatic nitrogens is 1. The number of carbonyl (C=O) groups is 1. The molecule has 1 aromatic heterocycles. The Morgan fingerprint density at radius 2 is 1.95 bits per heavy atom. The molecule has 3 heterocycles. The zero-order valence-corrected chi connectivity index (χ0v) is 12.3. The molecule has 0 saturated carbocycles. The highest BCUT2D eigenvalue weighted by Gasteiger charge is 2.24. The van der Waals surface area contributed by atoms with E-state index in [0.717, 1.165) is 49.4 Å². The summed E-state index contributed by atoms with van der Waals surface area (Å²) in [4.78, 5) is 14.3. The Morgan fingerprint density at radius 3 is 2.76 bits per heavy atom. The first-order valence-electron chi connectivity index (χ1n) is 7.18. The molecule has 6 heteroatoms. The van der Waals surface area contributed by atoms with Crippen LogP contribution in [0.25, 0.3) is 10.9 Å². The number of benzene rings is 1. The van der Waals surface area contributed by atoms with Crippen molar-refractivity contribution in [1.29, 1.82) is 0 Å². The van der Waals surface area contributed by atoms with Crippen LogP contribution in [0.2, 0.25) is 5.02 Å². The van der Waals surface area contributed by atoms with Gasteiger partial charge in [0.25, 0.3) is 5.91 Å². The van der Waals surface area contributed by atoms with Crippen LogP contribution in [0.4, 0.5) is 5.69 Å². The molecule has 5 nitrogen and oxygen atoms in total. The smallest absolute Gasteiger partial charge is 0.268 e. The standard InChI is InChI=1S/C15H16ClN3O2/c16-11-7-10-8-13-15(20)17-1-2-19(13)14(10)12(9-11)18-3-5-21-6-4-18/h7-9H,1-6H2,(H,17,20). The Balaban J connectivity index is 1.94. The lowest BCUT2D eigenvalue weighted by Crippen LogP contribution is -2.37. The van der Waals surface area contributed by atoms with Gasteiger partial charge in [-0.25, -0.2) is 0 Å². The topological polar surface area (TPSA) is 46.5 Å². The van der Waals surface area contributed by atoms with Gasteiger partial charge in [-0.15, -0.1) is 0 Å². The van der Waals surface area contributed by atoms with E-state index in [1.807, 2.05) is 18.2 Å². The Hall–Kier alpha value is -1.72. The van der Waals surface area contributed by atoms with E-state index in [-0.39, 0.29) is 5.91 Å². The first-order chi connectivity index (χ1) is 10.2. The third-order valence-electron chi connectivity index (χ3n) is 4.14. The lowest BCUT2D eigenvalue weighted by Gasteiger charge is -2.30. The SMILES string of the molecule is O=C1NCCn2c1cc1cc(Cl)cc(N3CCOCC3)c12. The predicted octanol–water partition coefficient (Wildman–Crippen LogP) is 1.87. The van der Waals surface area contributed by atoms with E-state index in [1.165, 1.54) is 0 Å². The predicted molar refractivity (Wildman–Crippen MR) is 82.3 cm³/mol. The summed E-state index contributed by atoms with van der Waals surface area (Å²) in [5.74, 6) is -0.0125. The highest BCUT2D eigenvalue weighted by molar-refractivity contribution is 6.32. The number of hydrogen-bond donors (Lipinski definition) is 1. The lowest BCUT2D eigenvalue weighted by atomic mass is 10.2. The second-order valence-electron chi connectivity index (χ2n) is 5.40. The number of rotatable bonds is 1. The van der Waals surface area contributed by atoms with Crippen molar-refractivity contribution >= 4 is 34.1 Å². The number of ether oxygens (including phenoxy) is 1. The Labute approximate surface area is 127 Å². The highest BCUT2D eigenvalue weighted by atomic mass is 35.5. The zero-order chi connectivity index (χ0) is 14.4. The molecule has 2 aromatic rings. The molecule has 21 heavy (non-hydrogen) atoms. The van der Waals surface area contributed by atoms with Crippen LogP contribution in [0, 0.1) is 0 Å². The maximum Gasteiger partial charge on any atom is 0.268 e. The van der Waals surface area contributed by atoms with Crippen molar-refractivity contribution in [2.45, 2.75) is 6.54 Å². The van der Waals surface area contributed by atoms with Gasteiger partial charge in [-0.1, -0.05) is 11.6 Å². The monoisotopic (exact) mass is 305 g/mol. The van der Waals surface area contributed by atoms with E-state index >= 15 is 0 Å². The second-order valence-corrected chi connectivity index (χ2v) is 5.84. The number of carbonyl (C=O) groups excluding carboxylic acids is 1. The van der Waals surface area contributed by atoms with Gasteiger partial charge in [-0.2, -0.15) is 0 Å². The summed E-state index contributed by atoms with van der Waals surface area (Å²) in [7, 11) is 0. The van der Waals surface area contributed by atoms with E-state index in [4.69, 9.17) is 16.3 Å². The first kappa shape index (κ1) is 13.0. The van der Waals surface area contributed by atoms with Crippen molar-refractivity contribution in [3.05, 3.63) is 28.9 Å². The van der Waals surface area contributed by atoms with Crippen LogP contribution in [0.1, 0.15) is 10.5 Å². The Bertz CT molecular complexity index is 719. The van der Waals surface area contributed by atoms with E-state index in [1.54, 1.807) is 0 Å². The van der Waals surface area contributed by atoms with Crippen LogP contribution < -0.4 is 10.2 Å². The van der Waals surface area contributed by atoms with Crippen molar-refractivity contribution in [2.75, 3.05) is 37.7 Å². The molecule has 2 aliphatic heterocycles. The Morgan fingerprint density at radius 1 is 1.14 bits per heavy atom. The molecule has 0 spiro atoms. The van der Waals surface area contributed by atoms with Gasteiger partial charge < -0.3 is 19.5 Å². The van der Waals surface area contributed by atoms with Crippen LogP contribution in [0.15, 0.2) is 18.2 Å². The minimum atomic E-state index is -0.0125. The quantitative estimate of drug-likeness (QED) is 0.875. The van der Waals surface area contributed by atoms with Gasteiger partial charge in [0, 0.05) is 36.6 Å². The van der Waals surface area contributed by atoms with Gasteiger partial charge in [-0.05, 0) is 18.2 Å². The van der Waals surface area contributed by atoms with Crippen LogP contribution in [0.5, 0.6) is 0 Å². The number of morpholine rings is 1. The molecule has 2 aliphatic rings. The maximum atomic E-state index is 12.0. The van der Waals surface area contributed by atoms with Crippen LogP contribution in [0.3, 0.4) is 0 Å². The van der Waals surface area contributed by atoms with E-state index < -0.39 is 0 Å². The van der Waals surface area contributed by atoms with Crippen molar-refractivity contribution < 1.29 is 9.53 Å². The van der Waals surface area contributed by atoms with Crippen molar-refractivity contribution in [3.8, 4) is 0 Å². The number of amides is 1. The molecule has 0 unspecified atom stereocenters. The van der Waals surface area contributed by atoms with Crippen LogP contribution >= 0.6 is 11.6 Å². The first-order valence-corrected chi connectivity index (χ1v) is 7.55. The third kappa shape index (κ3) is 2.08. The minimum Gasteiger partial charge on any atom is -0.378 e. The molecule has 4 rings (SSSR count). The van der Waals surface area contributed by atoms with Crippen molar-refractivity contribution in [3.63, 3.8) is 0 Å². The fourth-order valence-electron chi connectivity index (χ4n) is 3.19. The molecule has 110 valence electrons.